The molecule has 110 valence electrons. The van der Waals surface area contributed by atoms with E-state index in [0.29, 0.717) is 25.1 Å². The van der Waals surface area contributed by atoms with E-state index in [-0.39, 0.29) is 0 Å². The smallest absolute Gasteiger partial charge is 0.213 e. The van der Waals surface area contributed by atoms with E-state index in [4.69, 9.17) is 4.74 Å². The molecule has 1 aromatic heterocycles. The summed E-state index contributed by atoms with van der Waals surface area (Å²) in [6, 6.07) is 4.51. The highest BCUT2D eigenvalue weighted by Gasteiger charge is 2.33. The Morgan fingerprint density at radius 1 is 1.50 bits per heavy atom. The van der Waals surface area contributed by atoms with E-state index in [0.717, 1.165) is 23.9 Å². The third-order valence-electron chi connectivity index (χ3n) is 3.37. The van der Waals surface area contributed by atoms with Crippen molar-refractivity contribution in [2.45, 2.75) is 39.3 Å². The number of pyridine rings is 1. The average molecular weight is 276 g/mol. The van der Waals surface area contributed by atoms with Crippen LogP contribution in [0.1, 0.15) is 32.3 Å². The number of nitrogens with one attached hydrogen (secondary N) is 2. The second kappa shape index (κ2) is 7.12. The fourth-order valence-electron chi connectivity index (χ4n) is 1.89. The Bertz CT molecular complexity index is 444. The first-order valence-electron chi connectivity index (χ1n) is 7.27. The van der Waals surface area contributed by atoms with Crippen molar-refractivity contribution in [1.82, 2.24) is 15.6 Å². The molecule has 0 saturated heterocycles. The summed E-state index contributed by atoms with van der Waals surface area (Å²) in [6.45, 7) is 5.74. The Morgan fingerprint density at radius 2 is 2.30 bits per heavy atom. The first-order chi connectivity index (χ1) is 9.72. The van der Waals surface area contributed by atoms with Crippen LogP contribution < -0.4 is 15.4 Å². The largest absolute Gasteiger partial charge is 0.478 e. The number of aromatic nitrogens is 1. The molecule has 2 N–H and O–H groups in total. The maximum absolute atomic E-state index is 5.46. The second-order valence-electron chi connectivity index (χ2n) is 5.24. The lowest BCUT2D eigenvalue weighted by atomic mass is 10.3. The lowest BCUT2D eigenvalue weighted by molar-refractivity contribution is 0.305. The normalized spacial score (nSPS) is 21.4. The van der Waals surface area contributed by atoms with E-state index in [1.54, 1.807) is 7.05 Å². The fourth-order valence-corrected chi connectivity index (χ4v) is 1.89. The maximum atomic E-state index is 5.46. The van der Waals surface area contributed by atoms with Crippen LogP contribution in [0, 0.1) is 5.92 Å². The molecular formula is C15H24N4O. The zero-order valence-electron chi connectivity index (χ0n) is 12.5. The summed E-state index contributed by atoms with van der Waals surface area (Å²) in [5.41, 5.74) is 1.11. The minimum absolute atomic E-state index is 0.573. The van der Waals surface area contributed by atoms with E-state index >= 15 is 0 Å². The first-order valence-corrected chi connectivity index (χ1v) is 7.27. The van der Waals surface area contributed by atoms with Crippen LogP contribution >= 0.6 is 0 Å². The molecule has 0 radical (unpaired) electrons. The molecular weight excluding hydrogens is 252 g/mol. The molecule has 1 aromatic rings. The van der Waals surface area contributed by atoms with Gasteiger partial charge in [-0.15, -0.1) is 0 Å². The monoisotopic (exact) mass is 276 g/mol. The summed E-state index contributed by atoms with van der Waals surface area (Å²) in [4.78, 5) is 8.51. The van der Waals surface area contributed by atoms with E-state index in [2.05, 4.69) is 34.5 Å². The number of guanidine groups is 1. The second-order valence-corrected chi connectivity index (χ2v) is 5.24. The number of aliphatic imine (C=N–C) groups is 1. The molecule has 1 aliphatic rings. The molecule has 0 bridgehead atoms. The first kappa shape index (κ1) is 14.6. The molecule has 20 heavy (non-hydrogen) atoms. The van der Waals surface area contributed by atoms with Crippen molar-refractivity contribution >= 4 is 5.96 Å². The van der Waals surface area contributed by atoms with Crippen molar-refractivity contribution in [3.05, 3.63) is 23.9 Å². The summed E-state index contributed by atoms with van der Waals surface area (Å²) >= 11 is 0. The summed E-state index contributed by atoms with van der Waals surface area (Å²) in [7, 11) is 1.79. The zero-order chi connectivity index (χ0) is 14.4. The van der Waals surface area contributed by atoms with Crippen LogP contribution in [-0.4, -0.2) is 30.6 Å². The number of rotatable bonds is 6. The minimum Gasteiger partial charge on any atom is -0.478 e. The predicted molar refractivity (Wildman–Crippen MR) is 80.9 cm³/mol. The van der Waals surface area contributed by atoms with Gasteiger partial charge in [0.15, 0.2) is 5.96 Å². The molecule has 1 saturated carbocycles. The zero-order valence-corrected chi connectivity index (χ0v) is 12.5. The molecule has 2 unspecified atom stereocenters. The van der Waals surface area contributed by atoms with Crippen LogP contribution in [0.5, 0.6) is 5.88 Å². The van der Waals surface area contributed by atoms with Gasteiger partial charge >= 0.3 is 0 Å². The van der Waals surface area contributed by atoms with Crippen molar-refractivity contribution in [3.8, 4) is 5.88 Å². The van der Waals surface area contributed by atoms with Gasteiger partial charge in [0, 0.05) is 31.9 Å². The van der Waals surface area contributed by atoms with Crippen LogP contribution in [0.3, 0.4) is 0 Å². The Kier molecular flexibility index (Phi) is 5.21. The minimum atomic E-state index is 0.573. The quantitative estimate of drug-likeness (QED) is 0.616. The summed E-state index contributed by atoms with van der Waals surface area (Å²) in [5, 5.41) is 6.69. The van der Waals surface area contributed by atoms with Gasteiger partial charge in [0.1, 0.15) is 0 Å². The molecule has 1 heterocycles. The van der Waals surface area contributed by atoms with Crippen molar-refractivity contribution in [2.75, 3.05) is 13.7 Å². The third-order valence-corrected chi connectivity index (χ3v) is 3.37. The van der Waals surface area contributed by atoms with Crippen molar-refractivity contribution < 1.29 is 4.74 Å². The Morgan fingerprint density at radius 3 is 2.85 bits per heavy atom. The molecule has 0 spiro atoms. The highest BCUT2D eigenvalue weighted by atomic mass is 16.5. The van der Waals surface area contributed by atoms with Gasteiger partial charge in [-0.3, -0.25) is 4.99 Å². The van der Waals surface area contributed by atoms with Crippen molar-refractivity contribution in [2.24, 2.45) is 10.9 Å². The van der Waals surface area contributed by atoms with Gasteiger partial charge in [0.05, 0.1) is 6.61 Å². The van der Waals surface area contributed by atoms with Crippen LogP contribution in [0.2, 0.25) is 0 Å². The van der Waals surface area contributed by atoms with Gasteiger partial charge in [0.2, 0.25) is 5.88 Å². The molecule has 2 rings (SSSR count). The molecule has 1 fully saturated rings. The molecule has 1 aliphatic carbocycles. The summed E-state index contributed by atoms with van der Waals surface area (Å²) < 4.78 is 5.46. The Hall–Kier alpha value is -1.78. The topological polar surface area (TPSA) is 58.5 Å². The van der Waals surface area contributed by atoms with Gasteiger partial charge in [-0.2, -0.15) is 0 Å². The van der Waals surface area contributed by atoms with Crippen LogP contribution in [0.4, 0.5) is 0 Å². The van der Waals surface area contributed by atoms with E-state index in [1.165, 1.54) is 6.42 Å². The molecule has 0 aromatic carbocycles. The third kappa shape index (κ3) is 4.40. The average Bonchev–Trinajstić information content (AvgIpc) is 3.17. The van der Waals surface area contributed by atoms with Gasteiger partial charge < -0.3 is 15.4 Å². The molecule has 5 nitrogen and oxygen atoms in total. The number of nitrogens with zero attached hydrogens (tertiary/aromatic N) is 2. The molecule has 5 heteroatoms. The lowest BCUT2D eigenvalue weighted by Crippen LogP contribution is -2.38. The lowest BCUT2D eigenvalue weighted by Gasteiger charge is -2.11. The van der Waals surface area contributed by atoms with Crippen molar-refractivity contribution in [3.63, 3.8) is 0 Å². The van der Waals surface area contributed by atoms with Crippen LogP contribution in [0.25, 0.3) is 0 Å². The molecule has 2 atom stereocenters. The number of ether oxygens (including phenoxy) is 1. The van der Waals surface area contributed by atoms with E-state index in [9.17, 15) is 0 Å². The van der Waals surface area contributed by atoms with Gasteiger partial charge in [-0.1, -0.05) is 19.9 Å². The van der Waals surface area contributed by atoms with E-state index in [1.807, 2.05) is 18.3 Å². The SMILES string of the molecule is CCCOc1ccc(CNC(=NC)NC2CC2C)cn1. The summed E-state index contributed by atoms with van der Waals surface area (Å²) in [5.74, 6) is 2.29. The van der Waals surface area contributed by atoms with Crippen molar-refractivity contribution in [1.29, 1.82) is 0 Å². The molecule has 0 amide bonds. The predicted octanol–water partition coefficient (Wildman–Crippen LogP) is 1.94. The van der Waals surface area contributed by atoms with Crippen LogP contribution in [0.15, 0.2) is 23.3 Å². The van der Waals surface area contributed by atoms with Gasteiger partial charge in [-0.25, -0.2) is 4.98 Å². The molecule has 0 aliphatic heterocycles. The van der Waals surface area contributed by atoms with Gasteiger partial charge in [-0.05, 0) is 24.3 Å². The highest BCUT2D eigenvalue weighted by molar-refractivity contribution is 5.80. The Labute approximate surface area is 120 Å². The number of hydrogen-bond acceptors (Lipinski definition) is 3. The van der Waals surface area contributed by atoms with Gasteiger partial charge in [0.25, 0.3) is 0 Å². The van der Waals surface area contributed by atoms with Crippen LogP contribution in [-0.2, 0) is 6.54 Å². The summed E-state index contributed by atoms with van der Waals surface area (Å²) in [6.07, 6.45) is 4.06. The standard InChI is InChI=1S/C15H24N4O/c1-4-7-20-14-6-5-12(9-17-14)10-18-15(16-3)19-13-8-11(13)2/h5-6,9,11,13H,4,7-8,10H2,1-3H3,(H2,16,18,19). The Balaban J connectivity index is 1.77. The van der Waals surface area contributed by atoms with E-state index < -0.39 is 0 Å². The maximum Gasteiger partial charge on any atom is 0.213 e. The highest BCUT2D eigenvalue weighted by Crippen LogP contribution is 2.28. The fraction of sp³-hybridized carbons (Fsp3) is 0.600. The number of hydrogen-bond donors (Lipinski definition) is 2.